The zero-order valence-electron chi connectivity index (χ0n) is 18.9. The van der Waals surface area contributed by atoms with Gasteiger partial charge in [0.25, 0.3) is 5.56 Å². The van der Waals surface area contributed by atoms with Crippen molar-refractivity contribution in [3.05, 3.63) is 55.2 Å². The van der Waals surface area contributed by atoms with Crippen LogP contribution >= 0.6 is 11.3 Å². The highest BCUT2D eigenvalue weighted by Gasteiger charge is 2.38. The number of aromatic amines is 1. The average molecular weight is 500 g/mol. The summed E-state index contributed by atoms with van der Waals surface area (Å²) in [5.74, 6) is -1.87. The highest BCUT2D eigenvalue weighted by Crippen LogP contribution is 2.31. The first-order chi connectivity index (χ1) is 16.0. The third-order valence-electron chi connectivity index (χ3n) is 4.62. The molecule has 0 radical (unpaired) electrons. The number of amides is 1. The molecule has 1 aliphatic heterocycles. The van der Waals surface area contributed by atoms with Gasteiger partial charge in [-0.25, -0.2) is 9.59 Å². The average Bonchev–Trinajstić information content (AvgIpc) is 3.40. The van der Waals surface area contributed by atoms with Gasteiger partial charge in [-0.2, -0.15) is 4.39 Å². The van der Waals surface area contributed by atoms with Gasteiger partial charge in [-0.3, -0.25) is 19.1 Å². The molecule has 0 aromatic carbocycles. The van der Waals surface area contributed by atoms with Crippen molar-refractivity contribution in [1.82, 2.24) is 14.9 Å². The Morgan fingerprint density at radius 2 is 2.12 bits per heavy atom. The molecular weight excluding hydrogens is 473 g/mol. The van der Waals surface area contributed by atoms with Crippen LogP contribution in [0.1, 0.15) is 38.3 Å². The molecule has 11 nitrogen and oxygen atoms in total. The number of hydrogen-bond acceptors (Lipinski definition) is 9. The molecule has 34 heavy (non-hydrogen) atoms. The number of halogens is 1. The zero-order chi connectivity index (χ0) is 24.9. The van der Waals surface area contributed by atoms with Gasteiger partial charge in [0.1, 0.15) is 31.1 Å². The molecule has 2 N–H and O–H groups in total. The highest BCUT2D eigenvalue weighted by atomic mass is 32.1. The maximum Gasteiger partial charge on any atom is 0.408 e. The van der Waals surface area contributed by atoms with Gasteiger partial charge in [0.2, 0.25) is 5.82 Å². The van der Waals surface area contributed by atoms with Crippen LogP contribution in [-0.4, -0.2) is 52.6 Å². The van der Waals surface area contributed by atoms with Crippen molar-refractivity contribution < 1.29 is 32.9 Å². The third-order valence-corrected chi connectivity index (χ3v) is 5.47. The van der Waals surface area contributed by atoms with Crippen molar-refractivity contribution in [3.63, 3.8) is 0 Å². The summed E-state index contributed by atoms with van der Waals surface area (Å²) in [6, 6.07) is 3.76. The summed E-state index contributed by atoms with van der Waals surface area (Å²) in [5.41, 5.74) is -2.69. The maximum atomic E-state index is 13.7. The van der Waals surface area contributed by atoms with Crippen LogP contribution in [0.4, 0.5) is 9.18 Å². The first-order valence-corrected chi connectivity index (χ1v) is 11.3. The van der Waals surface area contributed by atoms with Crippen molar-refractivity contribution >= 4 is 23.4 Å². The molecule has 1 saturated heterocycles. The second-order valence-electron chi connectivity index (χ2n) is 8.48. The van der Waals surface area contributed by atoms with Gasteiger partial charge in [0.15, 0.2) is 0 Å². The van der Waals surface area contributed by atoms with Gasteiger partial charge in [-0.05, 0) is 32.2 Å². The summed E-state index contributed by atoms with van der Waals surface area (Å²) < 4.78 is 36.6. The number of H-pyrrole nitrogens is 1. The van der Waals surface area contributed by atoms with E-state index < -0.39 is 59.7 Å². The van der Waals surface area contributed by atoms with Crippen LogP contribution in [0, 0.1) is 5.82 Å². The van der Waals surface area contributed by atoms with Gasteiger partial charge >= 0.3 is 17.8 Å². The lowest BCUT2D eigenvalue weighted by atomic mass is 10.2. The number of thiophene rings is 1. The molecule has 0 spiro atoms. The van der Waals surface area contributed by atoms with Crippen molar-refractivity contribution in [2.75, 3.05) is 13.2 Å². The van der Waals surface area contributed by atoms with E-state index in [1.807, 2.05) is 22.5 Å². The minimum Gasteiger partial charge on any atom is -0.461 e. The Morgan fingerprint density at radius 3 is 2.79 bits per heavy atom. The Hall–Kier alpha value is -3.03. The van der Waals surface area contributed by atoms with E-state index in [9.17, 15) is 23.6 Å². The van der Waals surface area contributed by atoms with E-state index in [1.165, 1.54) is 11.3 Å². The number of carbonyl (C=O) groups is 2. The SMILES string of the molecule is CC(C)(C)OC(=O)NCC(=O)OC[C@H]1O[C@@H](n2cc(F)c(=O)[nH]c2=O)C[C@@H]1OCc1cccs1. The number of carbonyl (C=O) groups excluding carboxylic acids is 2. The second-order valence-corrected chi connectivity index (χ2v) is 9.51. The van der Waals surface area contributed by atoms with Crippen molar-refractivity contribution in [2.45, 2.75) is 57.8 Å². The standard InChI is InChI=1S/C21H26FN3O8S/c1-21(2,3)33-20(29)23-8-17(26)31-11-15-14(30-10-12-5-4-6-34-12)7-16(32-15)25-9-13(22)18(27)24-19(25)28/h4-6,9,14-16H,7-8,10-11H2,1-3H3,(H,23,29)(H,24,27,28)/t14-,15+,16+/m0/s1. The summed E-state index contributed by atoms with van der Waals surface area (Å²) in [4.78, 5) is 50.1. The number of esters is 1. The predicted octanol–water partition coefficient (Wildman–Crippen LogP) is 1.68. The van der Waals surface area contributed by atoms with Crippen LogP contribution in [0.3, 0.4) is 0 Å². The van der Waals surface area contributed by atoms with Crippen LogP contribution in [-0.2, 0) is 30.3 Å². The van der Waals surface area contributed by atoms with Gasteiger partial charge in [0, 0.05) is 11.3 Å². The molecule has 1 aliphatic rings. The second kappa shape index (κ2) is 10.9. The Morgan fingerprint density at radius 1 is 1.35 bits per heavy atom. The fourth-order valence-corrected chi connectivity index (χ4v) is 3.76. The molecule has 2 aromatic rings. The molecule has 13 heteroatoms. The van der Waals surface area contributed by atoms with Gasteiger partial charge in [-0.1, -0.05) is 6.07 Å². The molecule has 0 aliphatic carbocycles. The first kappa shape index (κ1) is 25.6. The van der Waals surface area contributed by atoms with Gasteiger partial charge in [0.05, 0.1) is 18.9 Å². The maximum absolute atomic E-state index is 13.7. The molecule has 3 rings (SSSR count). The van der Waals surface area contributed by atoms with Crippen LogP contribution in [0.2, 0.25) is 0 Å². The molecular formula is C21H26FN3O8S. The molecule has 0 bridgehead atoms. The molecule has 1 fully saturated rings. The fourth-order valence-electron chi connectivity index (χ4n) is 3.14. The number of rotatable bonds is 8. The molecule has 0 unspecified atom stereocenters. The van der Waals surface area contributed by atoms with Crippen LogP contribution in [0.25, 0.3) is 0 Å². The first-order valence-electron chi connectivity index (χ1n) is 10.4. The van der Waals surface area contributed by atoms with E-state index in [4.69, 9.17) is 18.9 Å². The molecule has 3 atom stereocenters. The highest BCUT2D eigenvalue weighted by molar-refractivity contribution is 7.09. The summed E-state index contributed by atoms with van der Waals surface area (Å²) in [5, 5.41) is 4.19. The van der Waals surface area contributed by atoms with Crippen LogP contribution in [0.5, 0.6) is 0 Å². The lowest BCUT2D eigenvalue weighted by molar-refractivity contribution is -0.150. The van der Waals surface area contributed by atoms with E-state index in [-0.39, 0.29) is 19.6 Å². The molecule has 2 aromatic heterocycles. The fraction of sp³-hybridized carbons (Fsp3) is 0.524. The van der Waals surface area contributed by atoms with Crippen molar-refractivity contribution in [3.8, 4) is 0 Å². The summed E-state index contributed by atoms with van der Waals surface area (Å²) in [6.07, 6.45) is -2.18. The smallest absolute Gasteiger partial charge is 0.408 e. The normalized spacial score (nSPS) is 20.2. The number of ether oxygens (including phenoxy) is 4. The third kappa shape index (κ3) is 7.23. The molecule has 3 heterocycles. The quantitative estimate of drug-likeness (QED) is 0.523. The number of nitrogens with zero attached hydrogens (tertiary/aromatic N) is 1. The Bertz CT molecular complexity index is 1110. The Labute approximate surface area is 197 Å². The largest absolute Gasteiger partial charge is 0.461 e. The lowest BCUT2D eigenvalue weighted by Gasteiger charge is -2.20. The Kier molecular flexibility index (Phi) is 8.23. The number of hydrogen-bond donors (Lipinski definition) is 2. The Balaban J connectivity index is 1.62. The summed E-state index contributed by atoms with van der Waals surface area (Å²) in [7, 11) is 0. The van der Waals surface area contributed by atoms with Crippen molar-refractivity contribution in [1.29, 1.82) is 0 Å². The summed E-state index contributed by atoms with van der Waals surface area (Å²) >= 11 is 1.49. The number of aromatic nitrogens is 2. The van der Waals surface area contributed by atoms with Gasteiger partial charge in [-0.15, -0.1) is 11.3 Å². The minimum absolute atomic E-state index is 0.148. The van der Waals surface area contributed by atoms with E-state index in [0.29, 0.717) is 0 Å². The predicted molar refractivity (Wildman–Crippen MR) is 118 cm³/mol. The van der Waals surface area contributed by atoms with Crippen LogP contribution in [0.15, 0.2) is 33.3 Å². The molecule has 1 amide bonds. The number of alkyl carbamates (subject to hydrolysis) is 1. The van der Waals surface area contributed by atoms with Gasteiger partial charge < -0.3 is 24.3 Å². The van der Waals surface area contributed by atoms with Crippen molar-refractivity contribution in [2.24, 2.45) is 0 Å². The molecule has 0 saturated carbocycles. The lowest BCUT2D eigenvalue weighted by Crippen LogP contribution is -2.37. The van der Waals surface area contributed by atoms with E-state index >= 15 is 0 Å². The van der Waals surface area contributed by atoms with E-state index in [1.54, 1.807) is 20.8 Å². The van der Waals surface area contributed by atoms with E-state index in [2.05, 4.69) is 5.32 Å². The van der Waals surface area contributed by atoms with E-state index in [0.717, 1.165) is 15.6 Å². The topological polar surface area (TPSA) is 138 Å². The zero-order valence-corrected chi connectivity index (χ0v) is 19.7. The minimum atomic E-state index is -1.14. The number of nitrogens with one attached hydrogen (secondary N) is 2. The monoisotopic (exact) mass is 499 g/mol. The summed E-state index contributed by atoms with van der Waals surface area (Å²) in [6.45, 7) is 4.67. The van der Waals surface area contributed by atoms with Crippen LogP contribution < -0.4 is 16.6 Å². The molecule has 186 valence electrons.